The van der Waals surface area contributed by atoms with E-state index in [1.807, 2.05) is 20.8 Å². The highest BCUT2D eigenvalue weighted by atomic mass is 19.1. The zero-order valence-corrected chi connectivity index (χ0v) is 11.0. The van der Waals surface area contributed by atoms with Crippen LogP contribution in [0.3, 0.4) is 0 Å². The van der Waals surface area contributed by atoms with Crippen molar-refractivity contribution in [2.45, 2.75) is 20.8 Å². The first kappa shape index (κ1) is 15.5. The molecule has 0 unspecified atom stereocenters. The Morgan fingerprint density at radius 1 is 1.47 bits per heavy atom. The molecule has 0 amide bonds. The number of nitrogens with zero attached hydrogens (tertiary/aromatic N) is 1. The van der Waals surface area contributed by atoms with E-state index in [1.54, 1.807) is 19.3 Å². The molecule has 0 aliphatic heterocycles. The first-order valence-electron chi connectivity index (χ1n) is 5.59. The molecule has 0 aliphatic carbocycles. The fourth-order valence-corrected chi connectivity index (χ4v) is 1.23. The van der Waals surface area contributed by atoms with Crippen LogP contribution in [0.4, 0.5) is 4.39 Å². The third kappa shape index (κ3) is 5.41. The van der Waals surface area contributed by atoms with E-state index in [-0.39, 0.29) is 5.82 Å². The number of ether oxygens (including phenoxy) is 1. The maximum absolute atomic E-state index is 13.0. The third-order valence-corrected chi connectivity index (χ3v) is 2.06. The summed E-state index contributed by atoms with van der Waals surface area (Å²) in [5.74, 6) is -0.257. The summed E-state index contributed by atoms with van der Waals surface area (Å²) in [6.45, 7) is 9.73. The number of benzene rings is 1. The van der Waals surface area contributed by atoms with Crippen molar-refractivity contribution in [3.63, 3.8) is 0 Å². The predicted octanol–water partition coefficient (Wildman–Crippen LogP) is 3.85. The smallest absolute Gasteiger partial charge is 0.123 e. The predicted molar refractivity (Wildman–Crippen MR) is 71.9 cm³/mol. The Morgan fingerprint density at radius 3 is 2.65 bits per heavy atom. The van der Waals surface area contributed by atoms with Gasteiger partial charge in [0.25, 0.3) is 0 Å². The lowest BCUT2D eigenvalue weighted by molar-refractivity contribution is 0.226. The van der Waals surface area contributed by atoms with Crippen LogP contribution >= 0.6 is 0 Å². The molecular weight excluding hydrogens is 217 g/mol. The molecule has 0 saturated carbocycles. The van der Waals surface area contributed by atoms with Gasteiger partial charge in [0, 0.05) is 7.11 Å². The Morgan fingerprint density at radius 2 is 2.12 bits per heavy atom. The largest absolute Gasteiger partial charge is 0.378 e. The number of aryl methyl sites for hydroxylation is 1. The number of rotatable bonds is 4. The van der Waals surface area contributed by atoms with Crippen LogP contribution in [0.1, 0.15) is 25.0 Å². The van der Waals surface area contributed by atoms with Gasteiger partial charge in [-0.25, -0.2) is 4.39 Å². The zero-order valence-electron chi connectivity index (χ0n) is 11.0. The van der Waals surface area contributed by atoms with Crippen LogP contribution in [0.25, 0.3) is 6.08 Å². The van der Waals surface area contributed by atoms with E-state index in [2.05, 4.69) is 11.7 Å². The van der Waals surface area contributed by atoms with Crippen molar-refractivity contribution in [2.24, 2.45) is 4.99 Å². The summed E-state index contributed by atoms with van der Waals surface area (Å²) >= 11 is 0. The number of halogens is 1. The van der Waals surface area contributed by atoms with Crippen LogP contribution < -0.4 is 0 Å². The van der Waals surface area contributed by atoms with Crippen molar-refractivity contribution in [2.75, 3.05) is 13.7 Å². The maximum Gasteiger partial charge on any atom is 0.123 e. The van der Waals surface area contributed by atoms with E-state index < -0.39 is 0 Å². The number of hydrogen-bond donors (Lipinski definition) is 0. The Bertz CT molecular complexity index is 386. The van der Waals surface area contributed by atoms with Crippen LogP contribution in [0.5, 0.6) is 0 Å². The van der Waals surface area contributed by atoms with E-state index in [9.17, 15) is 4.39 Å². The molecule has 1 rings (SSSR count). The third-order valence-electron chi connectivity index (χ3n) is 2.06. The van der Waals surface area contributed by atoms with Crippen molar-refractivity contribution in [1.29, 1.82) is 0 Å². The van der Waals surface area contributed by atoms with Crippen molar-refractivity contribution in [3.05, 3.63) is 40.8 Å². The van der Waals surface area contributed by atoms with E-state index >= 15 is 0 Å². The van der Waals surface area contributed by atoms with Gasteiger partial charge in [0.05, 0.1) is 12.3 Å². The second-order valence-corrected chi connectivity index (χ2v) is 3.23. The molecule has 0 bridgehead atoms. The molecule has 0 heterocycles. The average molecular weight is 237 g/mol. The quantitative estimate of drug-likeness (QED) is 0.729. The molecule has 0 aliphatic rings. The highest BCUT2D eigenvalue weighted by Crippen LogP contribution is 2.14. The van der Waals surface area contributed by atoms with E-state index in [1.165, 1.54) is 12.1 Å². The average Bonchev–Trinajstić information content (AvgIpc) is 2.35. The molecule has 0 saturated heterocycles. The molecule has 3 heteroatoms. The number of hydrogen-bond acceptors (Lipinski definition) is 2. The van der Waals surface area contributed by atoms with Gasteiger partial charge in [0.2, 0.25) is 0 Å². The van der Waals surface area contributed by atoms with Crippen molar-refractivity contribution in [3.8, 4) is 0 Å². The summed E-state index contributed by atoms with van der Waals surface area (Å²) < 4.78 is 17.9. The monoisotopic (exact) mass is 237 g/mol. The fraction of sp³-hybridized carbons (Fsp3) is 0.357. The van der Waals surface area contributed by atoms with Crippen LogP contribution in [0.2, 0.25) is 0 Å². The van der Waals surface area contributed by atoms with Gasteiger partial charge in [-0.3, -0.25) is 4.99 Å². The van der Waals surface area contributed by atoms with Gasteiger partial charge in [0.1, 0.15) is 5.82 Å². The zero-order chi connectivity index (χ0) is 13.3. The molecule has 0 atom stereocenters. The molecule has 0 radical (unpaired) electrons. The van der Waals surface area contributed by atoms with E-state index in [4.69, 9.17) is 4.74 Å². The SMILES string of the molecule is C=N/C(=C\c1cc(F)ccc1C)COC.CC. The lowest BCUT2D eigenvalue weighted by Crippen LogP contribution is -1.92. The Balaban J connectivity index is 0.00000121. The molecule has 0 aromatic heterocycles. The lowest BCUT2D eigenvalue weighted by Gasteiger charge is -2.03. The highest BCUT2D eigenvalue weighted by Gasteiger charge is 1.99. The van der Waals surface area contributed by atoms with Crippen molar-refractivity contribution < 1.29 is 9.13 Å². The molecule has 0 fully saturated rings. The fourth-order valence-electron chi connectivity index (χ4n) is 1.23. The first-order chi connectivity index (χ1) is 8.17. The molecule has 2 nitrogen and oxygen atoms in total. The minimum absolute atomic E-state index is 0.257. The summed E-state index contributed by atoms with van der Waals surface area (Å²) in [7, 11) is 1.58. The van der Waals surface area contributed by atoms with Gasteiger partial charge in [-0.15, -0.1) is 0 Å². The Hall–Kier alpha value is -1.48. The van der Waals surface area contributed by atoms with Gasteiger partial charge in [0.15, 0.2) is 0 Å². The van der Waals surface area contributed by atoms with Crippen LogP contribution in [-0.4, -0.2) is 20.4 Å². The Kier molecular flexibility index (Phi) is 7.89. The molecular formula is C14H20FNO. The van der Waals surface area contributed by atoms with E-state index in [0.29, 0.717) is 12.3 Å². The van der Waals surface area contributed by atoms with E-state index in [0.717, 1.165) is 11.1 Å². The summed E-state index contributed by atoms with van der Waals surface area (Å²) in [5, 5.41) is 0. The second-order valence-electron chi connectivity index (χ2n) is 3.23. The summed E-state index contributed by atoms with van der Waals surface area (Å²) in [6, 6.07) is 4.63. The van der Waals surface area contributed by atoms with Gasteiger partial charge in [-0.1, -0.05) is 19.9 Å². The minimum Gasteiger partial charge on any atom is -0.378 e. The molecule has 0 spiro atoms. The summed E-state index contributed by atoms with van der Waals surface area (Å²) in [5.41, 5.74) is 2.48. The topological polar surface area (TPSA) is 21.6 Å². The molecule has 0 N–H and O–H groups in total. The summed E-state index contributed by atoms with van der Waals surface area (Å²) in [6.07, 6.45) is 1.77. The lowest BCUT2D eigenvalue weighted by atomic mass is 10.1. The molecule has 94 valence electrons. The van der Waals surface area contributed by atoms with Gasteiger partial charge >= 0.3 is 0 Å². The normalized spacial score (nSPS) is 10.5. The second kappa shape index (κ2) is 8.65. The molecule has 1 aromatic rings. The first-order valence-corrected chi connectivity index (χ1v) is 5.59. The van der Waals surface area contributed by atoms with Crippen molar-refractivity contribution >= 4 is 12.8 Å². The number of aliphatic imine (C=N–C) groups is 1. The standard InChI is InChI=1S/C12H14FNO.C2H6/c1-9-4-5-11(13)6-10(9)7-12(14-2)8-15-3;1-2/h4-7H,2,8H2,1,3H3;1-2H3/b12-7-;. The summed E-state index contributed by atoms with van der Waals surface area (Å²) in [4.78, 5) is 3.81. The van der Waals surface area contributed by atoms with Crippen LogP contribution in [0.15, 0.2) is 28.9 Å². The number of methoxy groups -OCH3 is 1. The maximum atomic E-state index is 13.0. The molecule has 17 heavy (non-hydrogen) atoms. The van der Waals surface area contributed by atoms with Gasteiger partial charge in [-0.05, 0) is 43.0 Å². The Labute approximate surface area is 103 Å². The van der Waals surface area contributed by atoms with Gasteiger partial charge in [-0.2, -0.15) is 0 Å². The minimum atomic E-state index is -0.257. The van der Waals surface area contributed by atoms with Crippen LogP contribution in [0, 0.1) is 12.7 Å². The van der Waals surface area contributed by atoms with Crippen molar-refractivity contribution in [1.82, 2.24) is 0 Å². The van der Waals surface area contributed by atoms with Gasteiger partial charge < -0.3 is 4.74 Å². The van der Waals surface area contributed by atoms with Crippen LogP contribution in [-0.2, 0) is 4.74 Å². The highest BCUT2D eigenvalue weighted by molar-refractivity contribution is 5.57. The molecule has 1 aromatic carbocycles.